The normalized spacial score (nSPS) is 18.6. The van der Waals surface area contributed by atoms with Gasteiger partial charge in [0, 0.05) is 0 Å². The number of hydrogen-bond donors (Lipinski definition) is 0. The molecule has 0 radical (unpaired) electrons. The zero-order valence-electron chi connectivity index (χ0n) is 7.42. The molecule has 0 aliphatic heterocycles. The van der Waals surface area contributed by atoms with Crippen molar-refractivity contribution < 1.29 is 9.58 Å². The number of carbonyl (C=O) groups excluding carboxylic acids is 1. The fourth-order valence-electron chi connectivity index (χ4n) is 1.58. The predicted molar refractivity (Wildman–Crippen MR) is 52.8 cm³/mol. The molecule has 1 aromatic carbocycles. The zero-order chi connectivity index (χ0) is 9.97. The van der Waals surface area contributed by atoms with Gasteiger partial charge in [-0.15, -0.1) is 0 Å². The number of rotatable bonds is 1. The predicted octanol–water partition coefficient (Wildman–Crippen LogP) is 1.55. The van der Waals surface area contributed by atoms with Crippen molar-refractivity contribution in [3.8, 4) is 0 Å². The maximum Gasteiger partial charge on any atom is 0.313 e. The monoisotopic (exact) mass is 184 g/mol. The molecule has 0 heterocycles. The molecule has 3 nitrogen and oxygen atoms in total. The van der Waals surface area contributed by atoms with Gasteiger partial charge in [-0.1, -0.05) is 30.4 Å². The van der Waals surface area contributed by atoms with Crippen molar-refractivity contribution in [1.29, 1.82) is 0 Å². The van der Waals surface area contributed by atoms with E-state index in [0.717, 1.165) is 17.4 Å². The molecule has 0 bridgehead atoms. The minimum absolute atomic E-state index is 0.415. The van der Waals surface area contributed by atoms with Crippen molar-refractivity contribution in [2.75, 3.05) is 0 Å². The Labute approximate surface area is 81.3 Å². The maximum atomic E-state index is 10.7. The molecule has 1 aromatic rings. The lowest BCUT2D eigenvalue weighted by Crippen LogP contribution is -2.20. The van der Waals surface area contributed by atoms with Crippen LogP contribution in [0.25, 0.3) is 11.6 Å². The second kappa shape index (κ2) is 3.40. The number of benzene rings is 1. The van der Waals surface area contributed by atoms with E-state index < -0.39 is 5.92 Å². The lowest BCUT2D eigenvalue weighted by atomic mass is 9.88. The molecule has 0 amide bonds. The number of nitrogens with zero attached hydrogens (tertiary/aromatic N) is 2. The van der Waals surface area contributed by atoms with Crippen molar-refractivity contribution in [1.82, 2.24) is 0 Å². The van der Waals surface area contributed by atoms with Crippen molar-refractivity contribution in [3.63, 3.8) is 0 Å². The second-order valence-electron chi connectivity index (χ2n) is 3.09. The first-order chi connectivity index (χ1) is 6.86. The zero-order valence-corrected chi connectivity index (χ0v) is 7.42. The van der Waals surface area contributed by atoms with Gasteiger partial charge in [0.1, 0.15) is 12.2 Å². The molecular formula is C11H8N2O. The molecule has 0 fully saturated rings. The second-order valence-corrected chi connectivity index (χ2v) is 3.09. The summed E-state index contributed by atoms with van der Waals surface area (Å²) in [6.07, 6.45) is 4.36. The molecule has 2 rings (SSSR count). The molecule has 1 aliphatic carbocycles. The van der Waals surface area contributed by atoms with Crippen LogP contribution in [-0.2, 0) is 4.79 Å². The van der Waals surface area contributed by atoms with Crippen LogP contribution in [0.4, 0.5) is 0 Å². The van der Waals surface area contributed by atoms with E-state index >= 15 is 0 Å². The first kappa shape index (κ1) is 8.60. The van der Waals surface area contributed by atoms with Gasteiger partial charge >= 0.3 is 5.71 Å². The Bertz CT molecular complexity index is 456. The fraction of sp³-hybridized carbons (Fsp3) is 0.0909. The van der Waals surface area contributed by atoms with Crippen LogP contribution in [0, 0.1) is 5.92 Å². The molecule has 0 N–H and O–H groups in total. The summed E-state index contributed by atoms with van der Waals surface area (Å²) < 4.78 is 0. The number of allylic oxidation sites excluding steroid dienone is 1. The molecule has 68 valence electrons. The van der Waals surface area contributed by atoms with Crippen LogP contribution < -0.4 is 0 Å². The van der Waals surface area contributed by atoms with E-state index in [1.54, 1.807) is 6.08 Å². The molecule has 0 saturated heterocycles. The maximum absolute atomic E-state index is 10.7. The van der Waals surface area contributed by atoms with Crippen LogP contribution in [0.15, 0.2) is 30.3 Å². The summed E-state index contributed by atoms with van der Waals surface area (Å²) in [4.78, 5) is 13.9. The summed E-state index contributed by atoms with van der Waals surface area (Å²) >= 11 is 0. The Kier molecular flexibility index (Phi) is 2.09. The van der Waals surface area contributed by atoms with Gasteiger partial charge in [-0.25, -0.2) is 0 Å². The van der Waals surface area contributed by atoms with E-state index in [0.29, 0.717) is 5.71 Å². The molecule has 1 unspecified atom stereocenters. The number of hydrogen-bond acceptors (Lipinski definition) is 1. The Hall–Kier alpha value is -1.99. The largest absolute Gasteiger partial charge is 0.361 e. The highest BCUT2D eigenvalue weighted by Crippen LogP contribution is 2.20. The molecule has 3 heteroatoms. The summed E-state index contributed by atoms with van der Waals surface area (Å²) in [5.74, 6) is -0.435. The number of carbonyl (C=O) groups is 1. The van der Waals surface area contributed by atoms with Crippen LogP contribution >= 0.6 is 0 Å². The van der Waals surface area contributed by atoms with Gasteiger partial charge in [0.2, 0.25) is 0 Å². The van der Waals surface area contributed by atoms with E-state index in [4.69, 9.17) is 5.53 Å². The number of fused-ring (bicyclic) bond motifs is 1. The van der Waals surface area contributed by atoms with Crippen LogP contribution in [0.3, 0.4) is 0 Å². The van der Waals surface area contributed by atoms with Crippen molar-refractivity contribution in [2.24, 2.45) is 5.92 Å². The third-order valence-corrected chi connectivity index (χ3v) is 2.29. The van der Waals surface area contributed by atoms with Gasteiger partial charge in [0.15, 0.2) is 0 Å². The van der Waals surface area contributed by atoms with Crippen molar-refractivity contribution >= 4 is 18.1 Å². The Morgan fingerprint density at radius 2 is 2.14 bits per heavy atom. The summed E-state index contributed by atoms with van der Waals surface area (Å²) in [5.41, 5.74) is 11.0. The average Bonchev–Trinajstić information content (AvgIpc) is 2.27. The van der Waals surface area contributed by atoms with Crippen LogP contribution in [0.2, 0.25) is 0 Å². The van der Waals surface area contributed by atoms with E-state index in [-0.39, 0.29) is 0 Å². The Balaban J connectivity index is 2.64. The first-order valence-electron chi connectivity index (χ1n) is 4.31. The standard InChI is InChI=1S/C11H8N2O/c12-13-11-9(7-14)6-5-8-3-1-2-4-10(8)11/h1-7,9H. The minimum Gasteiger partial charge on any atom is -0.361 e. The lowest BCUT2D eigenvalue weighted by Gasteiger charge is -2.09. The van der Waals surface area contributed by atoms with Gasteiger partial charge in [0.25, 0.3) is 0 Å². The SMILES string of the molecule is [N-]=[N+]=C1c2ccccc2C=CC1C=O. The summed E-state index contributed by atoms with van der Waals surface area (Å²) in [6.45, 7) is 0. The highest BCUT2D eigenvalue weighted by Gasteiger charge is 2.27. The van der Waals surface area contributed by atoms with E-state index in [1.807, 2.05) is 30.3 Å². The number of aldehydes is 1. The van der Waals surface area contributed by atoms with E-state index in [1.165, 1.54) is 0 Å². The quantitative estimate of drug-likeness (QED) is 0.371. The van der Waals surface area contributed by atoms with E-state index in [2.05, 4.69) is 4.79 Å². The van der Waals surface area contributed by atoms with Gasteiger partial charge in [-0.05, 0) is 11.6 Å². The molecule has 0 aromatic heterocycles. The molecular weight excluding hydrogens is 176 g/mol. The third-order valence-electron chi connectivity index (χ3n) is 2.29. The fourth-order valence-corrected chi connectivity index (χ4v) is 1.58. The van der Waals surface area contributed by atoms with Gasteiger partial charge in [-0.3, -0.25) is 0 Å². The Morgan fingerprint density at radius 3 is 2.86 bits per heavy atom. The molecule has 0 spiro atoms. The molecule has 14 heavy (non-hydrogen) atoms. The smallest absolute Gasteiger partial charge is 0.313 e. The van der Waals surface area contributed by atoms with Crippen molar-refractivity contribution in [2.45, 2.75) is 0 Å². The topological polar surface area (TPSA) is 53.5 Å². The summed E-state index contributed by atoms with van der Waals surface area (Å²) in [7, 11) is 0. The highest BCUT2D eigenvalue weighted by molar-refractivity contribution is 6.11. The average molecular weight is 184 g/mol. The van der Waals surface area contributed by atoms with Gasteiger partial charge in [-0.2, -0.15) is 4.79 Å². The molecule has 1 aliphatic rings. The highest BCUT2D eigenvalue weighted by atomic mass is 16.1. The van der Waals surface area contributed by atoms with Crippen molar-refractivity contribution in [3.05, 3.63) is 47.0 Å². The van der Waals surface area contributed by atoms with Crippen LogP contribution in [0.5, 0.6) is 0 Å². The Morgan fingerprint density at radius 1 is 1.36 bits per heavy atom. The van der Waals surface area contributed by atoms with Gasteiger partial charge < -0.3 is 10.3 Å². The lowest BCUT2D eigenvalue weighted by molar-refractivity contribution is -0.109. The summed E-state index contributed by atoms with van der Waals surface area (Å²) in [5, 5.41) is 0. The first-order valence-corrected chi connectivity index (χ1v) is 4.31. The van der Waals surface area contributed by atoms with E-state index in [9.17, 15) is 4.79 Å². The minimum atomic E-state index is -0.435. The third kappa shape index (κ3) is 1.20. The summed E-state index contributed by atoms with van der Waals surface area (Å²) in [6, 6.07) is 7.51. The molecule has 0 saturated carbocycles. The van der Waals surface area contributed by atoms with Gasteiger partial charge in [0.05, 0.1) is 5.56 Å². The van der Waals surface area contributed by atoms with Crippen LogP contribution in [0.1, 0.15) is 11.1 Å². The van der Waals surface area contributed by atoms with Crippen LogP contribution in [-0.4, -0.2) is 16.8 Å². The molecule has 1 atom stereocenters.